The normalized spacial score (nSPS) is 10.0. The van der Waals surface area contributed by atoms with E-state index >= 15 is 0 Å². The van der Waals surface area contributed by atoms with Gasteiger partial charge in [0.25, 0.3) is 0 Å². The molecule has 0 aliphatic rings. The first-order valence-corrected chi connectivity index (χ1v) is 7.12. The summed E-state index contributed by atoms with van der Waals surface area (Å²) in [6, 6.07) is 0. The number of ether oxygens (including phenoxy) is 1. The highest BCUT2D eigenvalue weighted by Gasteiger charge is 1.92. The SMILES string of the molecule is C=CC(=O)OCCC.CC(C)CCCCC=CC(=O)O. The second kappa shape index (κ2) is 15.5. The fraction of sp³-hybridized carbons (Fsp3) is 0.625. The van der Waals surface area contributed by atoms with E-state index in [1.165, 1.54) is 18.9 Å². The van der Waals surface area contributed by atoms with Crippen LogP contribution in [0.25, 0.3) is 0 Å². The van der Waals surface area contributed by atoms with E-state index in [0.717, 1.165) is 31.3 Å². The second-order valence-electron chi connectivity index (χ2n) is 4.79. The third-order valence-corrected chi connectivity index (χ3v) is 2.28. The number of allylic oxidation sites excluding steroid dienone is 1. The van der Waals surface area contributed by atoms with Crippen LogP contribution >= 0.6 is 0 Å². The lowest BCUT2D eigenvalue weighted by Gasteiger charge is -2.01. The zero-order chi connectivity index (χ0) is 15.8. The van der Waals surface area contributed by atoms with Gasteiger partial charge in [-0.2, -0.15) is 0 Å². The molecule has 0 heterocycles. The molecule has 0 aromatic carbocycles. The number of carbonyl (C=O) groups excluding carboxylic acids is 1. The van der Waals surface area contributed by atoms with Crippen molar-refractivity contribution >= 4 is 11.9 Å². The Morgan fingerprint density at radius 3 is 2.40 bits per heavy atom. The molecule has 4 heteroatoms. The van der Waals surface area contributed by atoms with E-state index in [0.29, 0.717) is 6.61 Å². The van der Waals surface area contributed by atoms with Gasteiger partial charge in [0.15, 0.2) is 0 Å². The maximum atomic E-state index is 10.2. The van der Waals surface area contributed by atoms with Crippen LogP contribution in [-0.2, 0) is 14.3 Å². The van der Waals surface area contributed by atoms with Crippen LogP contribution in [0.15, 0.2) is 24.8 Å². The molecule has 0 saturated heterocycles. The van der Waals surface area contributed by atoms with Gasteiger partial charge in [0.2, 0.25) is 0 Å². The first-order valence-electron chi connectivity index (χ1n) is 7.12. The molecule has 20 heavy (non-hydrogen) atoms. The highest BCUT2D eigenvalue weighted by Crippen LogP contribution is 2.07. The Hall–Kier alpha value is -1.58. The summed E-state index contributed by atoms with van der Waals surface area (Å²) in [5.41, 5.74) is 0. The Bertz CT molecular complexity index is 293. The molecule has 0 amide bonds. The second-order valence-corrected chi connectivity index (χ2v) is 4.79. The third kappa shape index (κ3) is 21.7. The minimum absolute atomic E-state index is 0.341. The van der Waals surface area contributed by atoms with Crippen LogP contribution in [0.3, 0.4) is 0 Å². The van der Waals surface area contributed by atoms with Crippen molar-refractivity contribution in [2.75, 3.05) is 6.61 Å². The number of rotatable bonds is 9. The van der Waals surface area contributed by atoms with Crippen LogP contribution in [0.2, 0.25) is 0 Å². The predicted molar refractivity (Wildman–Crippen MR) is 81.5 cm³/mol. The zero-order valence-corrected chi connectivity index (χ0v) is 12.9. The smallest absolute Gasteiger partial charge is 0.330 e. The van der Waals surface area contributed by atoms with Crippen molar-refractivity contribution in [3.05, 3.63) is 24.8 Å². The van der Waals surface area contributed by atoms with Crippen molar-refractivity contribution in [1.82, 2.24) is 0 Å². The van der Waals surface area contributed by atoms with E-state index in [-0.39, 0.29) is 5.97 Å². The molecule has 0 rings (SSSR count). The van der Waals surface area contributed by atoms with Crippen molar-refractivity contribution < 1.29 is 19.4 Å². The van der Waals surface area contributed by atoms with Crippen LogP contribution in [-0.4, -0.2) is 23.7 Å². The largest absolute Gasteiger partial charge is 0.478 e. The van der Waals surface area contributed by atoms with Crippen molar-refractivity contribution in [3.8, 4) is 0 Å². The molecule has 0 spiro atoms. The van der Waals surface area contributed by atoms with Gasteiger partial charge in [-0.15, -0.1) is 0 Å². The Balaban J connectivity index is 0. The van der Waals surface area contributed by atoms with E-state index < -0.39 is 5.97 Å². The summed E-state index contributed by atoms with van der Waals surface area (Å²) in [5.74, 6) is -0.431. The lowest BCUT2D eigenvalue weighted by molar-refractivity contribution is -0.137. The van der Waals surface area contributed by atoms with E-state index in [2.05, 4.69) is 25.2 Å². The molecule has 0 bridgehead atoms. The number of carbonyl (C=O) groups is 2. The van der Waals surface area contributed by atoms with Crippen LogP contribution in [0.5, 0.6) is 0 Å². The maximum absolute atomic E-state index is 10.2. The average molecular weight is 284 g/mol. The summed E-state index contributed by atoms with van der Waals surface area (Å²) in [7, 11) is 0. The number of hydrogen-bond donors (Lipinski definition) is 1. The quantitative estimate of drug-likeness (QED) is 0.395. The fourth-order valence-corrected chi connectivity index (χ4v) is 1.26. The molecule has 0 aliphatic heterocycles. The van der Waals surface area contributed by atoms with Gasteiger partial charge in [-0.25, -0.2) is 9.59 Å². The molecule has 0 aromatic heterocycles. The molecule has 4 nitrogen and oxygen atoms in total. The summed E-state index contributed by atoms with van der Waals surface area (Å²) >= 11 is 0. The minimum Gasteiger partial charge on any atom is -0.478 e. The topological polar surface area (TPSA) is 63.6 Å². The molecule has 1 N–H and O–H groups in total. The number of esters is 1. The van der Waals surface area contributed by atoms with Crippen LogP contribution < -0.4 is 0 Å². The van der Waals surface area contributed by atoms with E-state index in [1.807, 2.05) is 6.92 Å². The van der Waals surface area contributed by atoms with E-state index in [4.69, 9.17) is 5.11 Å². The predicted octanol–water partition coefficient (Wildman–Crippen LogP) is 3.97. The molecule has 116 valence electrons. The van der Waals surface area contributed by atoms with Crippen LogP contribution in [0, 0.1) is 5.92 Å². The van der Waals surface area contributed by atoms with Crippen molar-refractivity contribution in [2.24, 2.45) is 5.92 Å². The zero-order valence-electron chi connectivity index (χ0n) is 12.9. The molecule has 0 fully saturated rings. The summed E-state index contributed by atoms with van der Waals surface area (Å²) in [6.45, 7) is 10.1. The third-order valence-electron chi connectivity index (χ3n) is 2.28. The number of aliphatic carboxylic acids is 1. The van der Waals surface area contributed by atoms with Crippen LogP contribution in [0.1, 0.15) is 52.9 Å². The van der Waals surface area contributed by atoms with Gasteiger partial charge in [0, 0.05) is 12.2 Å². The van der Waals surface area contributed by atoms with Crippen LogP contribution in [0.4, 0.5) is 0 Å². The molecular weight excluding hydrogens is 256 g/mol. The Morgan fingerprint density at radius 1 is 1.30 bits per heavy atom. The Labute approximate surface area is 122 Å². The van der Waals surface area contributed by atoms with Gasteiger partial charge in [-0.3, -0.25) is 0 Å². The molecule has 0 aromatic rings. The molecule has 0 atom stereocenters. The summed E-state index contributed by atoms with van der Waals surface area (Å²) < 4.78 is 4.58. The van der Waals surface area contributed by atoms with Gasteiger partial charge >= 0.3 is 11.9 Å². The molecular formula is C16H28O4. The Morgan fingerprint density at radius 2 is 1.95 bits per heavy atom. The Kier molecular flexibility index (Phi) is 16.0. The first-order chi connectivity index (χ1) is 9.43. The number of carboxylic acids is 1. The van der Waals surface area contributed by atoms with Crippen molar-refractivity contribution in [3.63, 3.8) is 0 Å². The number of hydrogen-bond acceptors (Lipinski definition) is 3. The lowest BCUT2D eigenvalue weighted by Crippen LogP contribution is -1.99. The molecule has 0 saturated carbocycles. The highest BCUT2D eigenvalue weighted by atomic mass is 16.5. The fourth-order valence-electron chi connectivity index (χ4n) is 1.26. The van der Waals surface area contributed by atoms with Gasteiger partial charge < -0.3 is 9.84 Å². The molecule has 0 radical (unpaired) electrons. The van der Waals surface area contributed by atoms with Gasteiger partial charge in [0.05, 0.1) is 6.61 Å². The summed E-state index contributed by atoms with van der Waals surface area (Å²) in [4.78, 5) is 20.3. The maximum Gasteiger partial charge on any atom is 0.330 e. The highest BCUT2D eigenvalue weighted by molar-refractivity contribution is 5.81. The van der Waals surface area contributed by atoms with Gasteiger partial charge in [0.1, 0.15) is 0 Å². The number of carboxylic acid groups (broad SMARTS) is 1. The molecule has 0 unspecified atom stereocenters. The number of unbranched alkanes of at least 4 members (excludes halogenated alkanes) is 2. The lowest BCUT2D eigenvalue weighted by atomic mass is 10.1. The van der Waals surface area contributed by atoms with Gasteiger partial charge in [-0.1, -0.05) is 46.3 Å². The minimum atomic E-state index is -0.848. The summed E-state index contributed by atoms with van der Waals surface area (Å²) in [5, 5.41) is 8.27. The monoisotopic (exact) mass is 284 g/mol. The van der Waals surface area contributed by atoms with Crippen molar-refractivity contribution in [2.45, 2.75) is 52.9 Å². The van der Waals surface area contributed by atoms with Crippen molar-refractivity contribution in [1.29, 1.82) is 0 Å². The standard InChI is InChI=1S/C10H18O2.C6H10O2/c1-9(2)7-5-3-4-6-8-10(11)12;1-3-5-8-6(7)4-2/h6,8-9H,3-5,7H2,1-2H3,(H,11,12);4H,2-3,5H2,1H3. The van der Waals surface area contributed by atoms with Gasteiger partial charge in [-0.05, 0) is 25.2 Å². The first kappa shape index (κ1) is 20.7. The van der Waals surface area contributed by atoms with E-state index in [9.17, 15) is 9.59 Å². The van der Waals surface area contributed by atoms with E-state index in [1.54, 1.807) is 6.08 Å². The summed E-state index contributed by atoms with van der Waals surface area (Å²) in [6.07, 6.45) is 9.39. The average Bonchev–Trinajstić information content (AvgIpc) is 2.40. The molecule has 0 aliphatic carbocycles.